The number of hydrogen-bond acceptors (Lipinski definition) is 5. The molecule has 0 atom stereocenters. The summed E-state index contributed by atoms with van der Waals surface area (Å²) in [5.41, 5.74) is 7.89. The van der Waals surface area contributed by atoms with Crippen LogP contribution in [0.3, 0.4) is 0 Å². The minimum Gasteiger partial charge on any atom is -0.391 e. The van der Waals surface area contributed by atoms with E-state index in [1.807, 2.05) is 37.3 Å². The van der Waals surface area contributed by atoms with E-state index in [2.05, 4.69) is 20.3 Å². The van der Waals surface area contributed by atoms with Crippen LogP contribution < -0.4 is 16.6 Å². The molecule has 0 saturated heterocycles. The molecule has 20 heavy (non-hydrogen) atoms. The Morgan fingerprint density at radius 2 is 2.10 bits per heavy atom. The van der Waals surface area contributed by atoms with Gasteiger partial charge in [-0.15, -0.1) is 0 Å². The van der Waals surface area contributed by atoms with E-state index in [1.54, 1.807) is 0 Å². The highest BCUT2D eigenvalue weighted by Gasteiger charge is 2.08. The van der Waals surface area contributed by atoms with Crippen molar-refractivity contribution in [2.45, 2.75) is 6.92 Å². The summed E-state index contributed by atoms with van der Waals surface area (Å²) < 4.78 is 0. The summed E-state index contributed by atoms with van der Waals surface area (Å²) in [5, 5.41) is 4.07. The third-order valence-corrected chi connectivity index (χ3v) is 3.00. The van der Waals surface area contributed by atoms with Crippen LogP contribution in [0.15, 0.2) is 41.5 Å². The molecule has 3 rings (SSSR count). The van der Waals surface area contributed by atoms with Gasteiger partial charge in [0, 0.05) is 11.1 Å². The van der Waals surface area contributed by atoms with Crippen molar-refractivity contribution in [1.82, 2.24) is 15.0 Å². The lowest BCUT2D eigenvalue weighted by Gasteiger charge is -2.10. The Bertz CT molecular complexity index is 840. The quantitative estimate of drug-likeness (QED) is 0.659. The largest absolute Gasteiger partial charge is 0.391 e. The molecule has 0 bridgehead atoms. The number of aromatic amines is 1. The monoisotopic (exact) mass is 267 g/mol. The Balaban J connectivity index is 2.13. The van der Waals surface area contributed by atoms with Crippen molar-refractivity contribution in [3.8, 4) is 0 Å². The van der Waals surface area contributed by atoms with Crippen molar-refractivity contribution in [3.05, 3.63) is 52.7 Å². The Morgan fingerprint density at radius 3 is 2.95 bits per heavy atom. The molecule has 0 fully saturated rings. The number of nitrogens with one attached hydrogen (secondary N) is 2. The highest BCUT2D eigenvalue weighted by molar-refractivity contribution is 5.92. The van der Waals surface area contributed by atoms with Crippen molar-refractivity contribution in [2.75, 3.05) is 11.1 Å². The second-order valence-electron chi connectivity index (χ2n) is 4.45. The molecule has 100 valence electrons. The van der Waals surface area contributed by atoms with E-state index in [-0.39, 0.29) is 11.2 Å². The van der Waals surface area contributed by atoms with Crippen LogP contribution in [0.5, 0.6) is 0 Å². The maximum Gasteiger partial charge on any atom is 0.276 e. The number of aryl methyl sites for hydroxylation is 1. The van der Waals surface area contributed by atoms with Crippen LogP contribution in [0, 0.1) is 6.92 Å². The van der Waals surface area contributed by atoms with Crippen LogP contribution in [0.4, 0.5) is 17.2 Å². The van der Waals surface area contributed by atoms with Gasteiger partial charge in [0.2, 0.25) is 0 Å². The van der Waals surface area contributed by atoms with Gasteiger partial charge in [0.15, 0.2) is 5.82 Å². The molecule has 0 spiro atoms. The summed E-state index contributed by atoms with van der Waals surface area (Å²) in [5.74, 6) is 0.324. The lowest BCUT2D eigenvalue weighted by molar-refractivity contribution is 1.13. The van der Waals surface area contributed by atoms with Crippen molar-refractivity contribution in [3.63, 3.8) is 0 Å². The van der Waals surface area contributed by atoms with E-state index in [0.29, 0.717) is 5.82 Å². The molecular formula is C14H13N5O. The molecule has 6 nitrogen and oxygen atoms in total. The summed E-state index contributed by atoms with van der Waals surface area (Å²) in [4.78, 5) is 22.4. The molecule has 3 aromatic rings. The smallest absolute Gasteiger partial charge is 0.276 e. The topological polar surface area (TPSA) is 96.7 Å². The summed E-state index contributed by atoms with van der Waals surface area (Å²) in [7, 11) is 0. The van der Waals surface area contributed by atoms with Gasteiger partial charge in [-0.25, -0.2) is 4.98 Å². The summed E-state index contributed by atoms with van der Waals surface area (Å²) in [6, 6.07) is 9.70. The number of fused-ring (bicyclic) bond motifs is 1. The zero-order valence-corrected chi connectivity index (χ0v) is 10.8. The molecule has 0 unspecified atom stereocenters. The molecule has 0 radical (unpaired) electrons. The van der Waals surface area contributed by atoms with Gasteiger partial charge in [-0.05, 0) is 19.1 Å². The minimum atomic E-state index is -0.369. The van der Waals surface area contributed by atoms with Crippen molar-refractivity contribution in [1.29, 1.82) is 0 Å². The summed E-state index contributed by atoms with van der Waals surface area (Å²) >= 11 is 0. The highest BCUT2D eigenvalue weighted by Crippen LogP contribution is 2.25. The van der Waals surface area contributed by atoms with E-state index in [9.17, 15) is 4.79 Å². The highest BCUT2D eigenvalue weighted by atomic mass is 16.1. The predicted octanol–water partition coefficient (Wildman–Crippen LogP) is 1.95. The third kappa shape index (κ3) is 2.07. The first-order chi connectivity index (χ1) is 9.65. The first-order valence-corrected chi connectivity index (χ1v) is 6.12. The number of benzene rings is 1. The first-order valence-electron chi connectivity index (χ1n) is 6.12. The zero-order chi connectivity index (χ0) is 14.1. The average Bonchev–Trinajstić information content (AvgIpc) is 2.44. The Labute approximate surface area is 114 Å². The van der Waals surface area contributed by atoms with E-state index < -0.39 is 0 Å². The molecule has 0 saturated carbocycles. The predicted molar refractivity (Wildman–Crippen MR) is 79.0 cm³/mol. The number of pyridine rings is 1. The van der Waals surface area contributed by atoms with Gasteiger partial charge in [-0.1, -0.05) is 18.2 Å². The van der Waals surface area contributed by atoms with Crippen LogP contribution in [0.25, 0.3) is 10.9 Å². The lowest BCUT2D eigenvalue weighted by Crippen LogP contribution is -2.14. The Morgan fingerprint density at radius 1 is 1.25 bits per heavy atom. The minimum absolute atomic E-state index is 0.0529. The van der Waals surface area contributed by atoms with Crippen molar-refractivity contribution < 1.29 is 0 Å². The molecule has 0 aliphatic rings. The van der Waals surface area contributed by atoms with Crippen molar-refractivity contribution >= 4 is 28.1 Å². The fourth-order valence-corrected chi connectivity index (χ4v) is 1.98. The lowest BCUT2D eigenvalue weighted by atomic mass is 10.1. The van der Waals surface area contributed by atoms with Crippen LogP contribution in [-0.2, 0) is 0 Å². The van der Waals surface area contributed by atoms with E-state index in [4.69, 9.17) is 5.73 Å². The molecule has 2 heterocycles. The molecule has 4 N–H and O–H groups in total. The summed E-state index contributed by atoms with van der Waals surface area (Å²) in [6.45, 7) is 1.93. The van der Waals surface area contributed by atoms with Gasteiger partial charge >= 0.3 is 0 Å². The third-order valence-electron chi connectivity index (χ3n) is 3.00. The standard InChI is InChI=1S/C14H13N5O/c1-8-5-6-9-3-2-4-10(12(9)18-8)19-13-11(15)14(20)17-7-16-13/h2-7H,15H2,1H3,(H2,16,17,19,20). The second-order valence-corrected chi connectivity index (χ2v) is 4.45. The number of rotatable bonds is 2. The SMILES string of the molecule is Cc1ccc2cccc(Nc3nc[nH]c(=O)c3N)c2n1. The number of H-pyrrole nitrogens is 1. The number of anilines is 3. The molecule has 0 amide bonds. The molecule has 6 heteroatoms. The van der Waals surface area contributed by atoms with Gasteiger partial charge in [0.25, 0.3) is 5.56 Å². The van der Waals surface area contributed by atoms with E-state index in [0.717, 1.165) is 22.3 Å². The van der Waals surface area contributed by atoms with Gasteiger partial charge in [-0.2, -0.15) is 0 Å². The number of para-hydroxylation sites is 1. The van der Waals surface area contributed by atoms with Crippen LogP contribution in [0.1, 0.15) is 5.69 Å². The van der Waals surface area contributed by atoms with E-state index in [1.165, 1.54) is 6.33 Å². The van der Waals surface area contributed by atoms with E-state index >= 15 is 0 Å². The molecule has 0 aliphatic heterocycles. The van der Waals surface area contributed by atoms with Crippen molar-refractivity contribution in [2.24, 2.45) is 0 Å². The van der Waals surface area contributed by atoms with Crippen LogP contribution >= 0.6 is 0 Å². The Hall–Kier alpha value is -2.89. The van der Waals surface area contributed by atoms with Gasteiger partial charge in [-0.3, -0.25) is 9.78 Å². The van der Waals surface area contributed by atoms with Gasteiger partial charge < -0.3 is 16.0 Å². The molecular weight excluding hydrogens is 254 g/mol. The number of nitrogens with zero attached hydrogens (tertiary/aromatic N) is 2. The average molecular weight is 267 g/mol. The second kappa shape index (κ2) is 4.65. The number of nitrogens with two attached hydrogens (primary N) is 1. The fourth-order valence-electron chi connectivity index (χ4n) is 1.98. The fraction of sp³-hybridized carbons (Fsp3) is 0.0714. The Kier molecular flexibility index (Phi) is 2.83. The van der Waals surface area contributed by atoms with Crippen LogP contribution in [-0.4, -0.2) is 15.0 Å². The molecule has 0 aliphatic carbocycles. The van der Waals surface area contributed by atoms with Gasteiger partial charge in [0.05, 0.1) is 17.5 Å². The summed E-state index contributed by atoms with van der Waals surface area (Å²) in [6.07, 6.45) is 1.31. The number of nitrogen functional groups attached to an aromatic ring is 1. The zero-order valence-electron chi connectivity index (χ0n) is 10.8. The normalized spacial score (nSPS) is 10.7. The molecule has 1 aromatic carbocycles. The maximum absolute atomic E-state index is 11.5. The molecule has 2 aromatic heterocycles. The first kappa shape index (κ1) is 12.2. The number of hydrogen-bond donors (Lipinski definition) is 3. The van der Waals surface area contributed by atoms with Crippen LogP contribution in [0.2, 0.25) is 0 Å². The maximum atomic E-state index is 11.5. The van der Waals surface area contributed by atoms with Gasteiger partial charge in [0.1, 0.15) is 5.69 Å². The number of aromatic nitrogens is 3.